The molecule has 2 aromatic carbocycles. The third-order valence-corrected chi connectivity index (χ3v) is 5.64. The van der Waals surface area contributed by atoms with Crippen LogP contribution in [0, 0.1) is 12.8 Å². The van der Waals surface area contributed by atoms with Gasteiger partial charge in [0.25, 0.3) is 0 Å². The molecule has 0 radical (unpaired) electrons. The van der Waals surface area contributed by atoms with Crippen LogP contribution < -0.4 is 10.1 Å². The third kappa shape index (κ3) is 4.77. The molecule has 4 rings (SSSR count). The number of imidazole rings is 1. The molecule has 1 aliphatic heterocycles. The Morgan fingerprint density at radius 3 is 2.69 bits per heavy atom. The maximum Gasteiger partial charge on any atom is 0.223 e. The number of methoxy groups -OCH3 is 1. The van der Waals surface area contributed by atoms with Crippen molar-refractivity contribution in [2.75, 3.05) is 20.2 Å². The highest BCUT2D eigenvalue weighted by molar-refractivity contribution is 5.78. The van der Waals surface area contributed by atoms with Crippen LogP contribution in [0.4, 0.5) is 0 Å². The summed E-state index contributed by atoms with van der Waals surface area (Å²) in [6.07, 6.45) is 1.77. The largest absolute Gasteiger partial charge is 0.497 e. The van der Waals surface area contributed by atoms with E-state index in [4.69, 9.17) is 9.72 Å². The summed E-state index contributed by atoms with van der Waals surface area (Å²) < 4.78 is 5.17. The molecule has 6 nitrogen and oxygen atoms in total. The molecule has 1 aromatic heterocycles. The summed E-state index contributed by atoms with van der Waals surface area (Å²) >= 11 is 0. The lowest BCUT2D eigenvalue weighted by Gasteiger charge is -2.30. The van der Waals surface area contributed by atoms with Crippen LogP contribution in [0.2, 0.25) is 0 Å². The number of likely N-dealkylation sites (tertiary alicyclic amines) is 1. The molecule has 152 valence electrons. The molecular formula is C23H28N4O2. The summed E-state index contributed by atoms with van der Waals surface area (Å²) in [5, 5.41) is 3.08. The minimum Gasteiger partial charge on any atom is -0.497 e. The standard InChI is InChI=1S/C23H28N4O2/c1-16-3-8-20-21(13-16)26-22(25-20)15-27-11-9-18(10-12-27)23(28)24-14-17-4-6-19(29-2)7-5-17/h3-8,13,18H,9-12,14-15H2,1-2H3,(H,24,28)(H,25,26). The van der Waals surface area contributed by atoms with E-state index in [0.29, 0.717) is 6.54 Å². The predicted octanol–water partition coefficient (Wildman–Crippen LogP) is 3.41. The van der Waals surface area contributed by atoms with Crippen molar-refractivity contribution < 1.29 is 9.53 Å². The Morgan fingerprint density at radius 2 is 1.97 bits per heavy atom. The monoisotopic (exact) mass is 392 g/mol. The molecule has 1 fully saturated rings. The Labute approximate surface area is 171 Å². The summed E-state index contributed by atoms with van der Waals surface area (Å²) in [6.45, 7) is 5.27. The number of ether oxygens (including phenoxy) is 1. The van der Waals surface area contributed by atoms with Crippen molar-refractivity contribution in [3.63, 3.8) is 0 Å². The van der Waals surface area contributed by atoms with Gasteiger partial charge in [0.15, 0.2) is 0 Å². The molecule has 0 spiro atoms. The molecule has 2 heterocycles. The fraction of sp³-hybridized carbons (Fsp3) is 0.391. The predicted molar refractivity (Wildman–Crippen MR) is 114 cm³/mol. The zero-order valence-electron chi connectivity index (χ0n) is 17.1. The van der Waals surface area contributed by atoms with E-state index in [1.807, 2.05) is 24.3 Å². The fourth-order valence-electron chi connectivity index (χ4n) is 3.89. The molecule has 6 heteroatoms. The number of rotatable bonds is 6. The minimum absolute atomic E-state index is 0.0859. The molecule has 1 aliphatic rings. The molecule has 0 bridgehead atoms. The maximum atomic E-state index is 12.5. The fourth-order valence-corrected chi connectivity index (χ4v) is 3.89. The molecule has 2 N–H and O–H groups in total. The van der Waals surface area contributed by atoms with Gasteiger partial charge in [0.2, 0.25) is 5.91 Å². The van der Waals surface area contributed by atoms with Crippen LogP contribution in [0.15, 0.2) is 42.5 Å². The number of benzene rings is 2. The lowest BCUT2D eigenvalue weighted by Crippen LogP contribution is -2.40. The first-order valence-corrected chi connectivity index (χ1v) is 10.2. The van der Waals surface area contributed by atoms with Crippen molar-refractivity contribution in [1.29, 1.82) is 0 Å². The van der Waals surface area contributed by atoms with Gasteiger partial charge >= 0.3 is 0 Å². The topological polar surface area (TPSA) is 70.2 Å². The van der Waals surface area contributed by atoms with Gasteiger partial charge in [-0.1, -0.05) is 18.2 Å². The number of aryl methyl sites for hydroxylation is 1. The van der Waals surface area contributed by atoms with E-state index < -0.39 is 0 Å². The van der Waals surface area contributed by atoms with Gasteiger partial charge in [-0.3, -0.25) is 9.69 Å². The average Bonchev–Trinajstić information content (AvgIpc) is 3.14. The van der Waals surface area contributed by atoms with Crippen LogP contribution >= 0.6 is 0 Å². The van der Waals surface area contributed by atoms with Gasteiger partial charge in [0.1, 0.15) is 11.6 Å². The van der Waals surface area contributed by atoms with E-state index in [2.05, 4.69) is 40.3 Å². The van der Waals surface area contributed by atoms with Crippen molar-refractivity contribution in [3.05, 3.63) is 59.4 Å². The van der Waals surface area contributed by atoms with E-state index >= 15 is 0 Å². The van der Waals surface area contributed by atoms with Crippen molar-refractivity contribution >= 4 is 16.9 Å². The normalized spacial score (nSPS) is 15.5. The molecule has 0 aliphatic carbocycles. The number of nitrogens with one attached hydrogen (secondary N) is 2. The first-order valence-electron chi connectivity index (χ1n) is 10.2. The zero-order chi connectivity index (χ0) is 20.2. The molecule has 3 aromatic rings. The van der Waals surface area contributed by atoms with Gasteiger partial charge in [-0.2, -0.15) is 0 Å². The van der Waals surface area contributed by atoms with Crippen molar-refractivity contribution in [3.8, 4) is 5.75 Å². The lowest BCUT2D eigenvalue weighted by atomic mass is 9.96. The summed E-state index contributed by atoms with van der Waals surface area (Å²) in [6, 6.07) is 14.1. The maximum absolute atomic E-state index is 12.5. The number of carbonyl (C=O) groups excluding carboxylic acids is 1. The number of fused-ring (bicyclic) bond motifs is 1. The number of hydrogen-bond acceptors (Lipinski definition) is 4. The molecule has 0 unspecified atom stereocenters. The highest BCUT2D eigenvalue weighted by Crippen LogP contribution is 2.20. The second-order valence-electron chi connectivity index (χ2n) is 7.82. The lowest BCUT2D eigenvalue weighted by molar-refractivity contribution is -0.126. The molecule has 0 atom stereocenters. The molecule has 1 saturated heterocycles. The van der Waals surface area contributed by atoms with Crippen LogP contribution in [0.3, 0.4) is 0 Å². The van der Waals surface area contributed by atoms with Crippen molar-refractivity contribution in [2.45, 2.75) is 32.9 Å². The Balaban J connectivity index is 1.25. The Hall–Kier alpha value is -2.86. The van der Waals surface area contributed by atoms with Crippen molar-refractivity contribution in [2.24, 2.45) is 5.92 Å². The molecule has 1 amide bonds. The Bertz CT molecular complexity index is 972. The van der Waals surface area contributed by atoms with Crippen molar-refractivity contribution in [1.82, 2.24) is 20.2 Å². The first-order chi connectivity index (χ1) is 14.1. The van der Waals surface area contributed by atoms with Gasteiger partial charge in [-0.25, -0.2) is 4.98 Å². The number of nitrogens with zero attached hydrogens (tertiary/aromatic N) is 2. The number of H-pyrrole nitrogens is 1. The van der Waals surface area contributed by atoms with Crippen LogP contribution in [0.1, 0.15) is 29.8 Å². The summed E-state index contributed by atoms with van der Waals surface area (Å²) in [5.41, 5.74) is 4.41. The number of piperidine rings is 1. The third-order valence-electron chi connectivity index (χ3n) is 5.64. The van der Waals surface area contributed by atoms with Crippen LogP contribution in [-0.4, -0.2) is 41.0 Å². The highest BCUT2D eigenvalue weighted by atomic mass is 16.5. The summed E-state index contributed by atoms with van der Waals surface area (Å²) in [7, 11) is 1.65. The first kappa shape index (κ1) is 19.5. The molecular weight excluding hydrogens is 364 g/mol. The smallest absolute Gasteiger partial charge is 0.223 e. The SMILES string of the molecule is COc1ccc(CNC(=O)C2CCN(Cc3nc4ccc(C)cc4[nH]3)CC2)cc1. The Morgan fingerprint density at radius 1 is 1.21 bits per heavy atom. The number of carbonyl (C=O) groups is 1. The van der Waals surface area contributed by atoms with E-state index in [1.165, 1.54) is 5.56 Å². The van der Waals surface area contributed by atoms with Crippen LogP contribution in [0.25, 0.3) is 11.0 Å². The van der Waals surface area contributed by atoms with Crippen LogP contribution in [0.5, 0.6) is 5.75 Å². The van der Waals surface area contributed by atoms with Gasteiger partial charge in [0.05, 0.1) is 24.7 Å². The van der Waals surface area contributed by atoms with Gasteiger partial charge in [-0.05, 0) is 68.2 Å². The second-order valence-corrected chi connectivity index (χ2v) is 7.82. The number of aromatic amines is 1. The van der Waals surface area contributed by atoms with E-state index in [9.17, 15) is 4.79 Å². The highest BCUT2D eigenvalue weighted by Gasteiger charge is 2.25. The molecule has 29 heavy (non-hydrogen) atoms. The minimum atomic E-state index is 0.0859. The van der Waals surface area contributed by atoms with Crippen LogP contribution in [-0.2, 0) is 17.9 Å². The van der Waals surface area contributed by atoms with E-state index in [-0.39, 0.29) is 11.8 Å². The van der Waals surface area contributed by atoms with E-state index in [0.717, 1.165) is 60.6 Å². The molecule has 0 saturated carbocycles. The number of aromatic nitrogens is 2. The number of hydrogen-bond donors (Lipinski definition) is 2. The van der Waals surface area contributed by atoms with E-state index in [1.54, 1.807) is 7.11 Å². The summed E-state index contributed by atoms with van der Waals surface area (Å²) in [5.74, 6) is 2.06. The number of amides is 1. The second kappa shape index (κ2) is 8.66. The zero-order valence-corrected chi connectivity index (χ0v) is 17.1. The van der Waals surface area contributed by atoms with Gasteiger partial charge in [-0.15, -0.1) is 0 Å². The van der Waals surface area contributed by atoms with Gasteiger partial charge < -0.3 is 15.0 Å². The quantitative estimate of drug-likeness (QED) is 0.674. The summed E-state index contributed by atoms with van der Waals surface area (Å²) in [4.78, 5) is 23.0. The average molecular weight is 393 g/mol. The Kier molecular flexibility index (Phi) is 5.81. The van der Waals surface area contributed by atoms with Gasteiger partial charge in [0, 0.05) is 12.5 Å².